The molecule has 0 saturated heterocycles. The van der Waals surface area contributed by atoms with Gasteiger partial charge in [0.15, 0.2) is 0 Å². The quantitative estimate of drug-likeness (QED) is 0.787. The van der Waals surface area contributed by atoms with Crippen LogP contribution < -0.4 is 5.32 Å². The monoisotopic (exact) mass is 219 g/mol. The van der Waals surface area contributed by atoms with E-state index >= 15 is 0 Å². The van der Waals surface area contributed by atoms with Gasteiger partial charge in [0.1, 0.15) is 0 Å². The zero-order valence-corrected chi connectivity index (χ0v) is 9.91. The first-order valence-corrected chi connectivity index (χ1v) is 5.19. The van der Waals surface area contributed by atoms with Gasteiger partial charge in [0.2, 0.25) is 0 Å². The second-order valence-corrected chi connectivity index (χ2v) is 3.52. The zero-order valence-electron chi connectivity index (χ0n) is 9.91. The Labute approximate surface area is 96.1 Å². The summed E-state index contributed by atoms with van der Waals surface area (Å²) < 4.78 is 4.66. The minimum Gasteiger partial charge on any atom is -0.465 e. The zero-order chi connectivity index (χ0) is 12.0. The highest BCUT2D eigenvalue weighted by molar-refractivity contribution is 5.89. The Kier molecular flexibility index (Phi) is 4.73. The Bertz CT molecular complexity index is 397. The first-order valence-electron chi connectivity index (χ1n) is 5.19. The van der Waals surface area contributed by atoms with Crippen molar-refractivity contribution in [1.29, 1.82) is 0 Å². The molecule has 0 amide bonds. The molecular formula is C13H17NO2. The van der Waals surface area contributed by atoms with Gasteiger partial charge in [-0.15, -0.1) is 0 Å². The fourth-order valence-corrected chi connectivity index (χ4v) is 1.41. The van der Waals surface area contributed by atoms with Crippen LogP contribution >= 0.6 is 0 Å². The van der Waals surface area contributed by atoms with E-state index in [1.54, 1.807) is 6.07 Å². The number of carbonyl (C=O) groups excluding carboxylic acids is 1. The molecule has 0 radical (unpaired) electrons. The molecular weight excluding hydrogens is 202 g/mol. The largest absolute Gasteiger partial charge is 0.465 e. The third-order valence-corrected chi connectivity index (χ3v) is 2.31. The van der Waals surface area contributed by atoms with Crippen molar-refractivity contribution < 1.29 is 9.53 Å². The lowest BCUT2D eigenvalue weighted by atomic mass is 10.0. The summed E-state index contributed by atoms with van der Waals surface area (Å²) in [5, 5.41) is 3.04. The minimum absolute atomic E-state index is 0.297. The Morgan fingerprint density at radius 2 is 2.25 bits per heavy atom. The van der Waals surface area contributed by atoms with Gasteiger partial charge in [-0.25, -0.2) is 4.79 Å². The van der Waals surface area contributed by atoms with Gasteiger partial charge in [-0.1, -0.05) is 18.2 Å². The number of nitrogens with one attached hydrogen (secondary N) is 1. The van der Waals surface area contributed by atoms with Gasteiger partial charge in [-0.05, 0) is 37.2 Å². The third kappa shape index (κ3) is 3.21. The predicted octanol–water partition coefficient (Wildman–Crippen LogP) is 2.01. The highest BCUT2D eigenvalue weighted by atomic mass is 16.5. The van der Waals surface area contributed by atoms with Gasteiger partial charge in [-0.3, -0.25) is 0 Å². The topological polar surface area (TPSA) is 38.3 Å². The van der Waals surface area contributed by atoms with Crippen molar-refractivity contribution in [3.63, 3.8) is 0 Å². The molecule has 0 saturated carbocycles. The van der Waals surface area contributed by atoms with Crippen molar-refractivity contribution in [3.8, 4) is 0 Å². The van der Waals surface area contributed by atoms with Crippen molar-refractivity contribution in [2.45, 2.75) is 6.92 Å². The Balaban J connectivity index is 2.87. The molecule has 0 bridgehead atoms. The number of hydrogen-bond donors (Lipinski definition) is 1. The molecule has 0 aliphatic heterocycles. The number of aryl methyl sites for hydroxylation is 1. The third-order valence-electron chi connectivity index (χ3n) is 2.31. The van der Waals surface area contributed by atoms with Crippen LogP contribution in [0.5, 0.6) is 0 Å². The lowest BCUT2D eigenvalue weighted by molar-refractivity contribution is 0.0600. The summed E-state index contributed by atoms with van der Waals surface area (Å²) in [7, 11) is 3.29. The number of likely N-dealkylation sites (N-methyl/N-ethyl adjacent to an activating group) is 1. The van der Waals surface area contributed by atoms with Crippen LogP contribution in [0, 0.1) is 6.92 Å². The van der Waals surface area contributed by atoms with Crippen LogP contribution in [0.4, 0.5) is 0 Å². The molecule has 0 aliphatic rings. The molecule has 0 aromatic heterocycles. The second-order valence-electron chi connectivity index (χ2n) is 3.52. The lowest BCUT2D eigenvalue weighted by Crippen LogP contribution is -2.04. The molecule has 1 rings (SSSR count). The number of hydrogen-bond acceptors (Lipinski definition) is 3. The van der Waals surface area contributed by atoms with Crippen LogP contribution in [0.2, 0.25) is 0 Å². The van der Waals surface area contributed by atoms with E-state index in [1.165, 1.54) is 7.11 Å². The number of rotatable bonds is 4. The van der Waals surface area contributed by atoms with Gasteiger partial charge in [0.25, 0.3) is 0 Å². The normalized spacial score (nSPS) is 10.7. The molecule has 0 spiro atoms. The maximum Gasteiger partial charge on any atom is 0.337 e. The van der Waals surface area contributed by atoms with E-state index in [1.807, 2.05) is 38.3 Å². The fourth-order valence-electron chi connectivity index (χ4n) is 1.41. The molecule has 0 aliphatic carbocycles. The fraction of sp³-hybridized carbons (Fsp3) is 0.308. The van der Waals surface area contributed by atoms with Gasteiger partial charge in [0.05, 0.1) is 12.7 Å². The van der Waals surface area contributed by atoms with Gasteiger partial charge in [0, 0.05) is 6.54 Å². The van der Waals surface area contributed by atoms with E-state index in [0.29, 0.717) is 5.56 Å². The summed E-state index contributed by atoms with van der Waals surface area (Å²) in [4.78, 5) is 11.3. The van der Waals surface area contributed by atoms with Crippen molar-refractivity contribution in [2.24, 2.45) is 0 Å². The average molecular weight is 219 g/mol. The van der Waals surface area contributed by atoms with Crippen molar-refractivity contribution in [3.05, 3.63) is 41.0 Å². The molecule has 1 aromatic rings. The molecule has 86 valence electrons. The Hall–Kier alpha value is -1.61. The number of benzene rings is 1. The lowest BCUT2D eigenvalue weighted by Gasteiger charge is -2.04. The first kappa shape index (κ1) is 12.5. The summed E-state index contributed by atoms with van der Waals surface area (Å²) >= 11 is 0. The second kappa shape index (κ2) is 6.08. The SMILES string of the molecule is CNCC=Cc1ccc(C(=O)OC)cc1C. The number of ether oxygens (including phenoxy) is 1. The van der Waals surface area contributed by atoms with Gasteiger partial charge in [-0.2, -0.15) is 0 Å². The van der Waals surface area contributed by atoms with Crippen LogP contribution in [0.3, 0.4) is 0 Å². The maximum absolute atomic E-state index is 11.3. The van der Waals surface area contributed by atoms with Crippen molar-refractivity contribution in [1.82, 2.24) is 5.32 Å². The van der Waals surface area contributed by atoms with E-state index < -0.39 is 0 Å². The van der Waals surface area contributed by atoms with E-state index in [4.69, 9.17) is 0 Å². The van der Waals surface area contributed by atoms with E-state index in [-0.39, 0.29) is 5.97 Å². The summed E-state index contributed by atoms with van der Waals surface area (Å²) in [6.45, 7) is 2.81. The molecule has 0 heterocycles. The van der Waals surface area contributed by atoms with Crippen molar-refractivity contribution in [2.75, 3.05) is 20.7 Å². The number of methoxy groups -OCH3 is 1. The number of carbonyl (C=O) groups is 1. The predicted molar refractivity (Wildman–Crippen MR) is 65.5 cm³/mol. The molecule has 1 N–H and O–H groups in total. The van der Waals surface area contributed by atoms with Gasteiger partial charge < -0.3 is 10.1 Å². The standard InChI is InChI=1S/C13H17NO2/c1-10-9-12(13(15)16-3)7-6-11(10)5-4-8-14-2/h4-7,9,14H,8H2,1-3H3. The Morgan fingerprint density at radius 3 is 2.81 bits per heavy atom. The molecule has 0 atom stereocenters. The van der Waals surface area contributed by atoms with Gasteiger partial charge >= 0.3 is 5.97 Å². The molecule has 0 fully saturated rings. The summed E-state index contributed by atoms with van der Waals surface area (Å²) in [5.74, 6) is -0.297. The summed E-state index contributed by atoms with van der Waals surface area (Å²) in [6.07, 6.45) is 4.08. The minimum atomic E-state index is -0.297. The average Bonchev–Trinajstić information content (AvgIpc) is 2.30. The maximum atomic E-state index is 11.3. The van der Waals surface area contributed by atoms with Crippen LogP contribution in [0.25, 0.3) is 6.08 Å². The van der Waals surface area contributed by atoms with Crippen molar-refractivity contribution >= 4 is 12.0 Å². The van der Waals surface area contributed by atoms with E-state index in [2.05, 4.69) is 10.1 Å². The van der Waals surface area contributed by atoms with E-state index in [9.17, 15) is 4.79 Å². The molecule has 16 heavy (non-hydrogen) atoms. The van der Waals surface area contributed by atoms with Crippen LogP contribution in [-0.4, -0.2) is 26.7 Å². The first-order chi connectivity index (χ1) is 7.69. The summed E-state index contributed by atoms with van der Waals surface area (Å²) in [6, 6.07) is 5.54. The molecule has 1 aromatic carbocycles. The molecule has 0 unspecified atom stereocenters. The Morgan fingerprint density at radius 1 is 1.50 bits per heavy atom. The summed E-state index contributed by atoms with van der Waals surface area (Å²) in [5.41, 5.74) is 2.77. The number of esters is 1. The van der Waals surface area contributed by atoms with Crippen LogP contribution in [-0.2, 0) is 4.74 Å². The van der Waals surface area contributed by atoms with Crippen LogP contribution in [0.1, 0.15) is 21.5 Å². The van der Waals surface area contributed by atoms with Crippen LogP contribution in [0.15, 0.2) is 24.3 Å². The highest BCUT2D eigenvalue weighted by Gasteiger charge is 2.05. The molecule has 3 nitrogen and oxygen atoms in total. The van der Waals surface area contributed by atoms with E-state index in [0.717, 1.165) is 17.7 Å². The molecule has 3 heteroatoms. The highest BCUT2D eigenvalue weighted by Crippen LogP contribution is 2.13. The smallest absolute Gasteiger partial charge is 0.337 e.